The Hall–Kier alpha value is -1.33. The highest BCUT2D eigenvalue weighted by Gasteiger charge is 2.25. The van der Waals surface area contributed by atoms with Gasteiger partial charge >= 0.3 is 0 Å². The van der Waals surface area contributed by atoms with E-state index in [1.807, 2.05) is 19.1 Å². The van der Waals surface area contributed by atoms with Gasteiger partial charge in [0.25, 0.3) is 0 Å². The first-order chi connectivity index (χ1) is 11.9. The van der Waals surface area contributed by atoms with Crippen LogP contribution >= 0.6 is 0 Å². The Labute approximate surface area is 150 Å². The SMILES string of the molecule is Cc1c(N2CC(C)OC(C)C2)ccc(NCC2CCC(N)CC2)c1F. The third-order valence-electron chi connectivity index (χ3n) is 5.59. The number of nitrogens with zero attached hydrogens (tertiary/aromatic N) is 1. The van der Waals surface area contributed by atoms with Gasteiger partial charge in [-0.3, -0.25) is 0 Å². The summed E-state index contributed by atoms with van der Waals surface area (Å²) in [5, 5.41) is 3.33. The van der Waals surface area contributed by atoms with Crippen molar-refractivity contribution in [1.29, 1.82) is 0 Å². The minimum Gasteiger partial charge on any atom is -0.382 e. The highest BCUT2D eigenvalue weighted by molar-refractivity contribution is 5.62. The molecule has 3 rings (SSSR count). The van der Waals surface area contributed by atoms with Crippen molar-refractivity contribution >= 4 is 11.4 Å². The highest BCUT2D eigenvalue weighted by Crippen LogP contribution is 2.31. The molecule has 140 valence electrons. The number of rotatable bonds is 4. The quantitative estimate of drug-likeness (QED) is 0.871. The zero-order valence-corrected chi connectivity index (χ0v) is 15.7. The lowest BCUT2D eigenvalue weighted by molar-refractivity contribution is -0.00526. The maximum absolute atomic E-state index is 14.9. The molecule has 3 N–H and O–H groups in total. The summed E-state index contributed by atoms with van der Waals surface area (Å²) in [6.45, 7) is 8.45. The maximum atomic E-state index is 14.9. The first-order valence-electron chi connectivity index (χ1n) is 9.63. The Kier molecular flexibility index (Phi) is 5.85. The lowest BCUT2D eigenvalue weighted by Gasteiger charge is -2.37. The average molecular weight is 349 g/mol. The minimum atomic E-state index is -0.128. The smallest absolute Gasteiger partial charge is 0.151 e. The van der Waals surface area contributed by atoms with Crippen LogP contribution in [0.1, 0.15) is 45.1 Å². The van der Waals surface area contributed by atoms with Crippen LogP contribution in [0.3, 0.4) is 0 Å². The Balaban J connectivity index is 1.66. The van der Waals surface area contributed by atoms with Crippen LogP contribution in [-0.2, 0) is 4.74 Å². The van der Waals surface area contributed by atoms with Gasteiger partial charge in [-0.25, -0.2) is 4.39 Å². The van der Waals surface area contributed by atoms with Gasteiger partial charge in [-0.2, -0.15) is 0 Å². The fourth-order valence-corrected chi connectivity index (χ4v) is 4.18. The Morgan fingerprint density at radius 3 is 2.44 bits per heavy atom. The van der Waals surface area contributed by atoms with Gasteiger partial charge in [0.1, 0.15) is 0 Å². The molecule has 0 radical (unpaired) electrons. The van der Waals surface area contributed by atoms with Crippen LogP contribution in [0.4, 0.5) is 15.8 Å². The molecule has 1 saturated carbocycles. The van der Waals surface area contributed by atoms with Gasteiger partial charge < -0.3 is 20.7 Å². The third-order valence-corrected chi connectivity index (χ3v) is 5.59. The van der Waals surface area contributed by atoms with Crippen LogP contribution in [0, 0.1) is 18.7 Å². The fourth-order valence-electron chi connectivity index (χ4n) is 4.18. The molecule has 4 nitrogen and oxygen atoms in total. The van der Waals surface area contributed by atoms with E-state index in [0.29, 0.717) is 17.6 Å². The number of hydrogen-bond donors (Lipinski definition) is 2. The van der Waals surface area contributed by atoms with Crippen LogP contribution in [0.5, 0.6) is 0 Å². The lowest BCUT2D eigenvalue weighted by atomic mass is 9.86. The summed E-state index contributed by atoms with van der Waals surface area (Å²) in [6.07, 6.45) is 4.77. The summed E-state index contributed by atoms with van der Waals surface area (Å²) >= 11 is 0. The molecule has 5 heteroatoms. The van der Waals surface area contributed by atoms with E-state index < -0.39 is 0 Å². The molecule has 1 saturated heterocycles. The van der Waals surface area contributed by atoms with Gasteiger partial charge in [0.05, 0.1) is 17.9 Å². The molecule has 25 heavy (non-hydrogen) atoms. The van der Waals surface area contributed by atoms with Crippen molar-refractivity contribution in [3.63, 3.8) is 0 Å². The largest absolute Gasteiger partial charge is 0.382 e. The van der Waals surface area contributed by atoms with Gasteiger partial charge in [-0.1, -0.05) is 0 Å². The number of benzene rings is 1. The highest BCUT2D eigenvalue weighted by atomic mass is 19.1. The number of nitrogens with one attached hydrogen (secondary N) is 1. The number of hydrogen-bond acceptors (Lipinski definition) is 4. The van der Waals surface area contributed by atoms with Gasteiger partial charge in [-0.15, -0.1) is 0 Å². The van der Waals surface area contributed by atoms with Crippen molar-refractivity contribution in [1.82, 2.24) is 0 Å². The number of nitrogens with two attached hydrogens (primary N) is 1. The Morgan fingerprint density at radius 1 is 1.16 bits per heavy atom. The first kappa shape index (κ1) is 18.5. The minimum absolute atomic E-state index is 0.128. The second kappa shape index (κ2) is 7.92. The topological polar surface area (TPSA) is 50.5 Å². The van der Waals surface area contributed by atoms with E-state index in [0.717, 1.165) is 56.6 Å². The molecular formula is C20H32FN3O. The lowest BCUT2D eigenvalue weighted by Crippen LogP contribution is -2.45. The van der Waals surface area contributed by atoms with Crippen LogP contribution in [0.2, 0.25) is 0 Å². The van der Waals surface area contributed by atoms with E-state index >= 15 is 0 Å². The van der Waals surface area contributed by atoms with Crippen molar-refractivity contribution < 1.29 is 9.13 Å². The van der Waals surface area contributed by atoms with E-state index in [1.165, 1.54) is 0 Å². The van der Waals surface area contributed by atoms with Crippen molar-refractivity contribution in [2.75, 3.05) is 29.9 Å². The number of morpholine rings is 1. The molecule has 2 aliphatic rings. The Morgan fingerprint density at radius 2 is 1.80 bits per heavy atom. The van der Waals surface area contributed by atoms with Crippen molar-refractivity contribution in [2.24, 2.45) is 11.7 Å². The predicted octanol–water partition coefficient (Wildman–Crippen LogP) is 3.68. The summed E-state index contributed by atoms with van der Waals surface area (Å²) in [5.74, 6) is 0.469. The third kappa shape index (κ3) is 4.45. The van der Waals surface area contributed by atoms with Crippen molar-refractivity contribution in [3.05, 3.63) is 23.5 Å². The van der Waals surface area contributed by atoms with Gasteiger partial charge in [0.2, 0.25) is 0 Å². The zero-order valence-electron chi connectivity index (χ0n) is 15.7. The molecular weight excluding hydrogens is 317 g/mol. The van der Waals surface area contributed by atoms with Crippen molar-refractivity contribution in [3.8, 4) is 0 Å². The van der Waals surface area contributed by atoms with E-state index in [-0.39, 0.29) is 18.0 Å². The van der Waals surface area contributed by atoms with E-state index in [2.05, 4.69) is 24.1 Å². The van der Waals surface area contributed by atoms with E-state index in [9.17, 15) is 4.39 Å². The summed E-state index contributed by atoms with van der Waals surface area (Å²) in [5.41, 5.74) is 8.28. The van der Waals surface area contributed by atoms with E-state index in [4.69, 9.17) is 10.5 Å². The second-order valence-corrected chi connectivity index (χ2v) is 7.90. The molecule has 0 bridgehead atoms. The summed E-state index contributed by atoms with van der Waals surface area (Å²) in [4.78, 5) is 2.24. The molecule has 1 heterocycles. The monoisotopic (exact) mass is 349 g/mol. The number of ether oxygens (including phenoxy) is 1. The summed E-state index contributed by atoms with van der Waals surface area (Å²) < 4.78 is 20.7. The normalized spacial score (nSPS) is 30.4. The summed E-state index contributed by atoms with van der Waals surface area (Å²) in [7, 11) is 0. The molecule has 1 aromatic rings. The number of halogens is 1. The number of anilines is 2. The molecule has 0 spiro atoms. The zero-order chi connectivity index (χ0) is 18.0. The van der Waals surface area contributed by atoms with Crippen LogP contribution in [0.15, 0.2) is 12.1 Å². The van der Waals surface area contributed by atoms with Gasteiger partial charge in [-0.05, 0) is 64.5 Å². The van der Waals surface area contributed by atoms with Crippen molar-refractivity contribution in [2.45, 2.75) is 64.7 Å². The van der Waals surface area contributed by atoms with Crippen LogP contribution in [-0.4, -0.2) is 37.9 Å². The maximum Gasteiger partial charge on any atom is 0.151 e. The molecule has 2 fully saturated rings. The standard InChI is InChI=1S/C20H32FN3O/c1-13-11-24(12-14(2)25-13)19-9-8-18(20(21)15(19)3)23-10-16-4-6-17(22)7-5-16/h8-9,13-14,16-17,23H,4-7,10-12,22H2,1-3H3. The summed E-state index contributed by atoms with van der Waals surface area (Å²) in [6, 6.07) is 4.28. The van der Waals surface area contributed by atoms with Gasteiger partial charge in [0.15, 0.2) is 5.82 Å². The molecule has 1 aromatic carbocycles. The molecule has 2 unspecified atom stereocenters. The molecule has 1 aliphatic carbocycles. The van der Waals surface area contributed by atoms with E-state index in [1.54, 1.807) is 0 Å². The Bertz CT molecular complexity index is 577. The molecule has 2 atom stereocenters. The van der Waals surface area contributed by atoms with Crippen LogP contribution < -0.4 is 16.0 Å². The second-order valence-electron chi connectivity index (χ2n) is 7.90. The fraction of sp³-hybridized carbons (Fsp3) is 0.700. The van der Waals surface area contributed by atoms with Gasteiger partial charge in [0, 0.05) is 36.9 Å². The average Bonchev–Trinajstić information content (AvgIpc) is 2.57. The first-order valence-corrected chi connectivity index (χ1v) is 9.63. The molecule has 0 amide bonds. The molecule has 0 aromatic heterocycles. The van der Waals surface area contributed by atoms with Crippen LogP contribution in [0.25, 0.3) is 0 Å². The predicted molar refractivity (Wildman–Crippen MR) is 102 cm³/mol. The molecule has 1 aliphatic heterocycles.